The zero-order valence-electron chi connectivity index (χ0n) is 11.0. The average Bonchev–Trinajstić information content (AvgIpc) is 2.56. The minimum atomic E-state index is 0.981. The van der Waals surface area contributed by atoms with Crippen LogP contribution >= 0.6 is 0 Å². The Bertz CT molecular complexity index is 415. The lowest BCUT2D eigenvalue weighted by Crippen LogP contribution is -2.11. The van der Waals surface area contributed by atoms with Crippen LogP contribution in [0, 0.1) is 0 Å². The van der Waals surface area contributed by atoms with Crippen LogP contribution in [0.3, 0.4) is 0 Å². The second-order valence-corrected chi connectivity index (χ2v) is 4.09. The first-order chi connectivity index (χ1) is 8.20. The molecule has 1 heteroatoms. The Hall–Kier alpha value is -1.76. The van der Waals surface area contributed by atoms with Crippen LogP contribution in [0.1, 0.15) is 13.3 Å². The highest BCUT2D eigenvalue weighted by Crippen LogP contribution is 2.22. The predicted molar refractivity (Wildman–Crippen MR) is 76.7 cm³/mol. The summed E-state index contributed by atoms with van der Waals surface area (Å²) in [5, 5.41) is 0. The predicted octanol–water partition coefficient (Wildman–Crippen LogP) is 4.01. The molecule has 0 saturated carbocycles. The number of nitrogens with zero attached hydrogens (tertiary/aromatic N) is 1. The second-order valence-electron chi connectivity index (χ2n) is 4.09. The summed E-state index contributed by atoms with van der Waals surface area (Å²) in [6, 6.07) is 0. The van der Waals surface area contributed by atoms with E-state index in [9.17, 15) is 0 Å². The van der Waals surface area contributed by atoms with Gasteiger partial charge < -0.3 is 4.90 Å². The summed E-state index contributed by atoms with van der Waals surface area (Å²) in [5.41, 5.74) is 3.58. The Labute approximate surface area is 105 Å². The van der Waals surface area contributed by atoms with E-state index in [-0.39, 0.29) is 0 Å². The molecular formula is C16H21N. The molecule has 0 atom stereocenters. The SMILES string of the molecule is C=C/C(=C\C=C/C)C1=C(N(C)C)C=CCC=C1. The van der Waals surface area contributed by atoms with Crippen molar-refractivity contribution in [2.75, 3.05) is 14.1 Å². The molecule has 90 valence electrons. The van der Waals surface area contributed by atoms with Crippen molar-refractivity contribution >= 4 is 0 Å². The van der Waals surface area contributed by atoms with Gasteiger partial charge in [-0.25, -0.2) is 0 Å². The third-order valence-corrected chi connectivity index (χ3v) is 2.59. The third kappa shape index (κ3) is 3.63. The highest BCUT2D eigenvalue weighted by Gasteiger charge is 2.08. The zero-order chi connectivity index (χ0) is 12.7. The fraction of sp³-hybridized carbons (Fsp3) is 0.250. The van der Waals surface area contributed by atoms with Gasteiger partial charge in [-0.3, -0.25) is 0 Å². The van der Waals surface area contributed by atoms with E-state index in [1.54, 1.807) is 0 Å². The molecule has 1 rings (SSSR count). The van der Waals surface area contributed by atoms with E-state index in [4.69, 9.17) is 0 Å². The molecule has 1 nitrogen and oxygen atoms in total. The fourth-order valence-electron chi connectivity index (χ4n) is 1.72. The molecule has 0 radical (unpaired) electrons. The van der Waals surface area contributed by atoms with Crippen LogP contribution in [0.2, 0.25) is 0 Å². The Kier molecular flexibility index (Phi) is 5.28. The Balaban J connectivity index is 3.28. The molecule has 0 amide bonds. The van der Waals surface area contributed by atoms with Gasteiger partial charge >= 0.3 is 0 Å². The molecule has 0 aliphatic heterocycles. The molecule has 1 aliphatic carbocycles. The number of allylic oxidation sites excluding steroid dienone is 10. The van der Waals surface area contributed by atoms with Gasteiger partial charge in [0.25, 0.3) is 0 Å². The van der Waals surface area contributed by atoms with E-state index in [1.165, 1.54) is 11.3 Å². The fourth-order valence-corrected chi connectivity index (χ4v) is 1.72. The van der Waals surface area contributed by atoms with Gasteiger partial charge in [-0.05, 0) is 25.0 Å². The van der Waals surface area contributed by atoms with Crippen molar-refractivity contribution in [1.29, 1.82) is 0 Å². The van der Waals surface area contributed by atoms with Crippen molar-refractivity contribution < 1.29 is 0 Å². The molecule has 0 aromatic heterocycles. The van der Waals surface area contributed by atoms with E-state index in [2.05, 4.69) is 56.0 Å². The Morgan fingerprint density at radius 3 is 2.59 bits per heavy atom. The number of likely N-dealkylation sites (N-methyl/N-ethyl adjacent to an activating group) is 1. The monoisotopic (exact) mass is 227 g/mol. The lowest BCUT2D eigenvalue weighted by Gasteiger charge is -2.18. The Morgan fingerprint density at radius 1 is 1.29 bits per heavy atom. The van der Waals surface area contributed by atoms with Crippen LogP contribution in [0.25, 0.3) is 0 Å². The number of hydrogen-bond donors (Lipinski definition) is 0. The van der Waals surface area contributed by atoms with Crippen molar-refractivity contribution in [1.82, 2.24) is 4.90 Å². The molecule has 0 fully saturated rings. The lowest BCUT2D eigenvalue weighted by atomic mass is 10.0. The standard InChI is InChI=1S/C16H21N/c1-5-7-11-14(6-2)15-12-9-8-10-13-16(15)17(3)4/h5-7,9-13H,2,8H2,1,3-4H3/b7-5-,14-11+. The van der Waals surface area contributed by atoms with E-state index in [1.807, 2.05) is 25.2 Å². The van der Waals surface area contributed by atoms with Crippen molar-refractivity contribution in [3.8, 4) is 0 Å². The quantitative estimate of drug-likeness (QED) is 0.656. The molecule has 1 aliphatic rings. The molecule has 17 heavy (non-hydrogen) atoms. The maximum Gasteiger partial charge on any atom is 0.0437 e. The average molecular weight is 227 g/mol. The van der Waals surface area contributed by atoms with Crippen molar-refractivity contribution in [2.45, 2.75) is 13.3 Å². The summed E-state index contributed by atoms with van der Waals surface area (Å²) < 4.78 is 0. The van der Waals surface area contributed by atoms with Gasteiger partial charge in [0.15, 0.2) is 0 Å². The minimum Gasteiger partial charge on any atom is -0.377 e. The normalized spacial score (nSPS) is 16.5. The van der Waals surface area contributed by atoms with Crippen molar-refractivity contribution in [2.24, 2.45) is 0 Å². The minimum absolute atomic E-state index is 0.981. The number of hydrogen-bond acceptors (Lipinski definition) is 1. The second kappa shape index (κ2) is 6.74. The van der Waals surface area contributed by atoms with Gasteiger partial charge in [-0.2, -0.15) is 0 Å². The van der Waals surface area contributed by atoms with Crippen LogP contribution in [0.15, 0.2) is 72.0 Å². The van der Waals surface area contributed by atoms with Crippen LogP contribution in [-0.4, -0.2) is 19.0 Å². The van der Waals surface area contributed by atoms with Crippen molar-refractivity contribution in [3.63, 3.8) is 0 Å². The summed E-state index contributed by atoms with van der Waals surface area (Å²) in [6.07, 6.45) is 17.7. The van der Waals surface area contributed by atoms with Gasteiger partial charge in [0.1, 0.15) is 0 Å². The first-order valence-corrected chi connectivity index (χ1v) is 5.91. The van der Waals surface area contributed by atoms with Crippen LogP contribution in [0.5, 0.6) is 0 Å². The smallest absolute Gasteiger partial charge is 0.0437 e. The van der Waals surface area contributed by atoms with E-state index in [0.717, 1.165) is 12.0 Å². The van der Waals surface area contributed by atoms with Crippen LogP contribution in [-0.2, 0) is 0 Å². The lowest BCUT2D eigenvalue weighted by molar-refractivity contribution is 0.526. The van der Waals surface area contributed by atoms with Crippen molar-refractivity contribution in [3.05, 3.63) is 72.0 Å². The molecule has 0 heterocycles. The highest BCUT2D eigenvalue weighted by atomic mass is 15.1. The van der Waals surface area contributed by atoms with Gasteiger partial charge in [-0.15, -0.1) is 0 Å². The summed E-state index contributed by atoms with van der Waals surface area (Å²) in [7, 11) is 4.13. The molecular weight excluding hydrogens is 206 g/mol. The third-order valence-electron chi connectivity index (χ3n) is 2.59. The van der Waals surface area contributed by atoms with E-state index in [0.29, 0.717) is 0 Å². The molecule has 0 N–H and O–H groups in total. The van der Waals surface area contributed by atoms with E-state index < -0.39 is 0 Å². The maximum atomic E-state index is 3.90. The largest absolute Gasteiger partial charge is 0.377 e. The summed E-state index contributed by atoms with van der Waals surface area (Å²) in [4.78, 5) is 2.13. The van der Waals surface area contributed by atoms with Gasteiger partial charge in [-0.1, -0.05) is 49.1 Å². The molecule has 0 unspecified atom stereocenters. The first-order valence-electron chi connectivity index (χ1n) is 5.91. The van der Waals surface area contributed by atoms with Gasteiger partial charge in [0.2, 0.25) is 0 Å². The summed E-state index contributed by atoms with van der Waals surface area (Å²) in [5.74, 6) is 0. The van der Waals surface area contributed by atoms with Gasteiger partial charge in [0, 0.05) is 25.4 Å². The zero-order valence-corrected chi connectivity index (χ0v) is 11.0. The summed E-state index contributed by atoms with van der Waals surface area (Å²) in [6.45, 7) is 5.92. The van der Waals surface area contributed by atoms with E-state index >= 15 is 0 Å². The molecule has 0 aromatic carbocycles. The van der Waals surface area contributed by atoms with Crippen LogP contribution in [0.4, 0.5) is 0 Å². The maximum absolute atomic E-state index is 3.90. The molecule has 0 spiro atoms. The van der Waals surface area contributed by atoms with Crippen LogP contribution < -0.4 is 0 Å². The molecule has 0 aromatic rings. The Morgan fingerprint density at radius 2 is 2.00 bits per heavy atom. The first kappa shape index (κ1) is 13.3. The number of rotatable bonds is 4. The molecule has 0 bridgehead atoms. The topological polar surface area (TPSA) is 3.24 Å². The van der Waals surface area contributed by atoms with Gasteiger partial charge in [0.05, 0.1) is 0 Å². The summed E-state index contributed by atoms with van der Waals surface area (Å²) >= 11 is 0. The highest BCUT2D eigenvalue weighted by molar-refractivity contribution is 5.53. The molecule has 0 saturated heterocycles.